The molecule has 0 bridgehead atoms. The molecule has 2 rings (SSSR count). The molecule has 0 radical (unpaired) electrons. The number of amides is 1. The molecule has 0 aliphatic carbocycles. The molecule has 2 aromatic rings. The largest absolute Gasteiger partial charge is 0.376 e. The summed E-state index contributed by atoms with van der Waals surface area (Å²) in [5.41, 5.74) is 2.76. The fourth-order valence-electron chi connectivity index (χ4n) is 1.88. The molecule has 0 unspecified atom stereocenters. The average molecular weight is 323 g/mol. The number of carbonyl (C=O) groups excluding carboxylic acids is 1. The molecule has 0 heterocycles. The van der Waals surface area contributed by atoms with Crippen LogP contribution < -0.4 is 10.6 Å². The van der Waals surface area contributed by atoms with E-state index < -0.39 is 0 Å². The van der Waals surface area contributed by atoms with Gasteiger partial charge < -0.3 is 10.6 Å². The third-order valence-electron chi connectivity index (χ3n) is 3.09. The smallest absolute Gasteiger partial charge is 0.239 e. The Morgan fingerprint density at radius 3 is 2.67 bits per heavy atom. The molecule has 0 saturated heterocycles. The van der Waals surface area contributed by atoms with Gasteiger partial charge in [-0.2, -0.15) is 0 Å². The molecule has 1 amide bonds. The van der Waals surface area contributed by atoms with Gasteiger partial charge in [-0.1, -0.05) is 41.4 Å². The maximum absolute atomic E-state index is 11.8. The minimum absolute atomic E-state index is 0.0886. The summed E-state index contributed by atoms with van der Waals surface area (Å²) in [7, 11) is 0. The topological polar surface area (TPSA) is 41.1 Å². The number of hydrogen-bond donors (Lipinski definition) is 2. The molecule has 0 aliphatic rings. The number of rotatable bonds is 5. The van der Waals surface area contributed by atoms with Crippen LogP contribution in [0.5, 0.6) is 0 Å². The first-order valence-electron chi connectivity index (χ1n) is 6.56. The van der Waals surface area contributed by atoms with Crippen LogP contribution >= 0.6 is 23.2 Å². The van der Waals surface area contributed by atoms with E-state index in [1.807, 2.05) is 43.3 Å². The zero-order valence-corrected chi connectivity index (χ0v) is 13.1. The van der Waals surface area contributed by atoms with Crippen molar-refractivity contribution in [1.82, 2.24) is 5.32 Å². The van der Waals surface area contributed by atoms with Gasteiger partial charge in [0.25, 0.3) is 0 Å². The molecule has 0 aliphatic heterocycles. The summed E-state index contributed by atoms with van der Waals surface area (Å²) >= 11 is 11.9. The molecule has 0 atom stereocenters. The van der Waals surface area contributed by atoms with Crippen molar-refractivity contribution in [3.8, 4) is 0 Å². The van der Waals surface area contributed by atoms with Crippen molar-refractivity contribution in [3.63, 3.8) is 0 Å². The molecule has 2 aromatic carbocycles. The average Bonchev–Trinajstić information content (AvgIpc) is 2.47. The van der Waals surface area contributed by atoms with Crippen LogP contribution in [0, 0.1) is 6.92 Å². The fraction of sp³-hybridized carbons (Fsp3) is 0.188. The highest BCUT2D eigenvalue weighted by molar-refractivity contribution is 6.31. The van der Waals surface area contributed by atoms with Crippen molar-refractivity contribution in [3.05, 3.63) is 63.6 Å². The molecule has 110 valence electrons. The van der Waals surface area contributed by atoms with Crippen molar-refractivity contribution < 1.29 is 4.79 Å². The molecular formula is C16H16Cl2N2O. The number of anilines is 1. The first kappa shape index (κ1) is 15.7. The van der Waals surface area contributed by atoms with E-state index >= 15 is 0 Å². The maximum Gasteiger partial charge on any atom is 0.239 e. The lowest BCUT2D eigenvalue weighted by atomic mass is 10.2. The highest BCUT2D eigenvalue weighted by atomic mass is 35.5. The SMILES string of the molecule is Cc1c(Cl)cccc1NCC(=O)NCc1cccc(Cl)c1. The maximum atomic E-state index is 11.8. The fourth-order valence-corrected chi connectivity index (χ4v) is 2.27. The van der Waals surface area contributed by atoms with Gasteiger partial charge in [0, 0.05) is 22.3 Å². The molecule has 3 nitrogen and oxygen atoms in total. The number of hydrogen-bond acceptors (Lipinski definition) is 2. The molecule has 2 N–H and O–H groups in total. The van der Waals surface area contributed by atoms with Crippen LogP contribution in [0.15, 0.2) is 42.5 Å². The molecule has 0 spiro atoms. The Hall–Kier alpha value is -1.71. The lowest BCUT2D eigenvalue weighted by Gasteiger charge is -2.11. The minimum atomic E-state index is -0.0886. The normalized spacial score (nSPS) is 10.2. The Kier molecular flexibility index (Phi) is 5.48. The van der Waals surface area contributed by atoms with Crippen LogP contribution in [0.2, 0.25) is 10.0 Å². The van der Waals surface area contributed by atoms with E-state index in [9.17, 15) is 4.79 Å². The number of carbonyl (C=O) groups is 1. The van der Waals surface area contributed by atoms with Crippen LogP contribution in [-0.4, -0.2) is 12.5 Å². The van der Waals surface area contributed by atoms with Crippen molar-refractivity contribution in [2.75, 3.05) is 11.9 Å². The predicted octanol–water partition coefficient (Wildman–Crippen LogP) is 4.03. The Balaban J connectivity index is 1.84. The second kappa shape index (κ2) is 7.34. The second-order valence-corrected chi connectivity index (χ2v) is 5.52. The Bertz CT molecular complexity index is 644. The van der Waals surface area contributed by atoms with Crippen LogP contribution in [0.4, 0.5) is 5.69 Å². The predicted molar refractivity (Wildman–Crippen MR) is 88.0 cm³/mol. The van der Waals surface area contributed by atoms with Gasteiger partial charge >= 0.3 is 0 Å². The van der Waals surface area contributed by atoms with Crippen molar-refractivity contribution in [2.24, 2.45) is 0 Å². The lowest BCUT2D eigenvalue weighted by molar-refractivity contribution is -0.119. The third kappa shape index (κ3) is 4.66. The van der Waals surface area contributed by atoms with Crippen molar-refractivity contribution in [1.29, 1.82) is 0 Å². The van der Waals surface area contributed by atoms with Crippen LogP contribution in [0.25, 0.3) is 0 Å². The van der Waals surface area contributed by atoms with Crippen molar-refractivity contribution >= 4 is 34.8 Å². The second-order valence-electron chi connectivity index (χ2n) is 4.67. The summed E-state index contributed by atoms with van der Waals surface area (Å²) in [5.74, 6) is -0.0886. The zero-order valence-electron chi connectivity index (χ0n) is 11.6. The van der Waals surface area contributed by atoms with Gasteiger partial charge in [0.2, 0.25) is 5.91 Å². The van der Waals surface area contributed by atoms with E-state index in [0.717, 1.165) is 16.8 Å². The summed E-state index contributed by atoms with van der Waals surface area (Å²) < 4.78 is 0. The van der Waals surface area contributed by atoms with E-state index in [2.05, 4.69) is 10.6 Å². The summed E-state index contributed by atoms with van der Waals surface area (Å²) in [6.07, 6.45) is 0. The summed E-state index contributed by atoms with van der Waals surface area (Å²) in [6.45, 7) is 2.56. The van der Waals surface area contributed by atoms with Gasteiger partial charge in [-0.15, -0.1) is 0 Å². The van der Waals surface area contributed by atoms with Crippen LogP contribution in [0.3, 0.4) is 0 Å². The van der Waals surface area contributed by atoms with Gasteiger partial charge in [-0.25, -0.2) is 0 Å². The molecule has 21 heavy (non-hydrogen) atoms. The van der Waals surface area contributed by atoms with E-state index in [1.54, 1.807) is 6.07 Å². The van der Waals surface area contributed by atoms with Gasteiger partial charge in [-0.05, 0) is 42.3 Å². The van der Waals surface area contributed by atoms with Gasteiger partial charge in [0.05, 0.1) is 6.54 Å². The van der Waals surface area contributed by atoms with Crippen LogP contribution in [0.1, 0.15) is 11.1 Å². The first-order valence-corrected chi connectivity index (χ1v) is 7.32. The van der Waals surface area contributed by atoms with E-state index in [-0.39, 0.29) is 12.5 Å². The Morgan fingerprint density at radius 2 is 1.90 bits per heavy atom. The lowest BCUT2D eigenvalue weighted by Crippen LogP contribution is -2.29. The quantitative estimate of drug-likeness (QED) is 0.872. The summed E-state index contributed by atoms with van der Waals surface area (Å²) in [5, 5.41) is 7.26. The number of benzene rings is 2. The first-order chi connectivity index (χ1) is 10.1. The van der Waals surface area contributed by atoms with Gasteiger partial charge in [-0.3, -0.25) is 4.79 Å². The monoisotopic (exact) mass is 322 g/mol. The highest BCUT2D eigenvalue weighted by Crippen LogP contribution is 2.22. The van der Waals surface area contributed by atoms with Gasteiger partial charge in [0.1, 0.15) is 0 Å². The summed E-state index contributed by atoms with van der Waals surface area (Å²) in [4.78, 5) is 11.8. The van der Waals surface area contributed by atoms with E-state index in [4.69, 9.17) is 23.2 Å². The highest BCUT2D eigenvalue weighted by Gasteiger charge is 2.05. The minimum Gasteiger partial charge on any atom is -0.376 e. The Labute approximate surface area is 134 Å². The molecule has 5 heteroatoms. The van der Waals surface area contributed by atoms with Gasteiger partial charge in [0.15, 0.2) is 0 Å². The Morgan fingerprint density at radius 1 is 1.14 bits per heavy atom. The van der Waals surface area contributed by atoms with Crippen LogP contribution in [-0.2, 0) is 11.3 Å². The summed E-state index contributed by atoms with van der Waals surface area (Å²) in [6, 6.07) is 13.0. The molecule has 0 aromatic heterocycles. The molecule has 0 fully saturated rings. The number of nitrogens with one attached hydrogen (secondary N) is 2. The van der Waals surface area contributed by atoms with E-state index in [0.29, 0.717) is 16.6 Å². The third-order valence-corrected chi connectivity index (χ3v) is 3.73. The standard InChI is InChI=1S/C16H16Cl2N2O/c1-11-14(18)6-3-7-15(11)19-10-16(21)20-9-12-4-2-5-13(17)8-12/h2-8,19H,9-10H2,1H3,(H,20,21). The van der Waals surface area contributed by atoms with Crippen molar-refractivity contribution in [2.45, 2.75) is 13.5 Å². The number of halogens is 2. The molecule has 0 saturated carbocycles. The van der Waals surface area contributed by atoms with E-state index in [1.165, 1.54) is 0 Å². The molecular weight excluding hydrogens is 307 g/mol. The zero-order chi connectivity index (χ0) is 15.2.